The molecule has 1 atom stereocenters. The van der Waals surface area contributed by atoms with E-state index in [0.717, 1.165) is 49.7 Å². The molecular formula is C21H33IN6O. The number of ether oxygens (including phenoxy) is 1. The van der Waals surface area contributed by atoms with Crippen LogP contribution in [0.1, 0.15) is 30.9 Å². The van der Waals surface area contributed by atoms with Crippen LogP contribution in [0.4, 0.5) is 5.69 Å². The van der Waals surface area contributed by atoms with Crippen LogP contribution in [0.3, 0.4) is 0 Å². The van der Waals surface area contributed by atoms with E-state index >= 15 is 0 Å². The van der Waals surface area contributed by atoms with Crippen molar-refractivity contribution in [3.63, 3.8) is 0 Å². The molecule has 8 heteroatoms. The zero-order chi connectivity index (χ0) is 19.9. The number of nitrogens with one attached hydrogen (secondary N) is 2. The van der Waals surface area contributed by atoms with Crippen LogP contribution in [0.25, 0.3) is 0 Å². The van der Waals surface area contributed by atoms with Gasteiger partial charge < -0.3 is 20.3 Å². The molecule has 1 aliphatic rings. The van der Waals surface area contributed by atoms with Gasteiger partial charge in [-0.2, -0.15) is 5.10 Å². The van der Waals surface area contributed by atoms with E-state index in [2.05, 4.69) is 50.9 Å². The molecule has 2 heterocycles. The molecule has 0 amide bonds. The highest BCUT2D eigenvalue weighted by Gasteiger charge is 2.21. The molecule has 2 aromatic rings. The molecule has 0 bridgehead atoms. The molecule has 1 unspecified atom stereocenters. The van der Waals surface area contributed by atoms with Crippen molar-refractivity contribution in [1.82, 2.24) is 20.4 Å². The van der Waals surface area contributed by atoms with Gasteiger partial charge in [0.2, 0.25) is 0 Å². The lowest BCUT2D eigenvalue weighted by Crippen LogP contribution is -2.51. The lowest BCUT2D eigenvalue weighted by atomic mass is 10.1. The van der Waals surface area contributed by atoms with Gasteiger partial charge in [-0.1, -0.05) is 12.1 Å². The number of hydrogen-bond donors (Lipinski definition) is 2. The van der Waals surface area contributed by atoms with Crippen molar-refractivity contribution in [1.29, 1.82) is 0 Å². The topological polar surface area (TPSA) is 66.7 Å². The van der Waals surface area contributed by atoms with Crippen molar-refractivity contribution >= 4 is 35.6 Å². The number of nitrogens with zero attached hydrogens (tertiary/aromatic N) is 4. The largest absolute Gasteiger partial charge is 0.494 e. The summed E-state index contributed by atoms with van der Waals surface area (Å²) in [6.45, 7) is 7.52. The van der Waals surface area contributed by atoms with Crippen LogP contribution >= 0.6 is 24.0 Å². The van der Waals surface area contributed by atoms with Gasteiger partial charge in [-0.05, 0) is 43.9 Å². The fraction of sp³-hybridized carbons (Fsp3) is 0.524. The SMILES string of the molecule is CCOc1ccc(CNC(=NC)NC2CCCN(c3cnn(C)c3)C2)cc1C.I. The Kier molecular flexibility index (Phi) is 9.06. The maximum Gasteiger partial charge on any atom is 0.191 e. The lowest BCUT2D eigenvalue weighted by molar-refractivity contribution is 0.338. The predicted octanol–water partition coefficient (Wildman–Crippen LogP) is 3.08. The normalized spacial score (nSPS) is 16.9. The van der Waals surface area contributed by atoms with E-state index in [1.807, 2.05) is 38.0 Å². The number of piperidine rings is 1. The minimum atomic E-state index is 0. The Labute approximate surface area is 190 Å². The Morgan fingerprint density at radius 1 is 1.38 bits per heavy atom. The molecule has 0 saturated carbocycles. The smallest absolute Gasteiger partial charge is 0.191 e. The first-order valence-electron chi connectivity index (χ1n) is 10.0. The van der Waals surface area contributed by atoms with Crippen LogP contribution in [-0.2, 0) is 13.6 Å². The second-order valence-electron chi connectivity index (χ2n) is 7.26. The van der Waals surface area contributed by atoms with E-state index in [9.17, 15) is 0 Å². The molecule has 1 aromatic heterocycles. The third-order valence-electron chi connectivity index (χ3n) is 5.04. The second kappa shape index (κ2) is 11.3. The Balaban J connectivity index is 0.00000300. The van der Waals surface area contributed by atoms with Gasteiger partial charge in [-0.25, -0.2) is 0 Å². The third kappa shape index (κ3) is 6.52. The van der Waals surface area contributed by atoms with Crippen LogP contribution < -0.4 is 20.3 Å². The fourth-order valence-electron chi connectivity index (χ4n) is 3.61. The standard InChI is InChI=1S/C21H32N6O.HI/c1-5-28-20-9-8-17(11-16(20)2)12-23-21(22-3)25-18-7-6-10-27(14-18)19-13-24-26(4)15-19;/h8-9,11,13,15,18H,5-7,10,12,14H2,1-4H3,(H2,22,23,25);1H. The number of aliphatic imine (C=N–C) groups is 1. The molecule has 1 saturated heterocycles. The van der Waals surface area contributed by atoms with Gasteiger partial charge in [0.25, 0.3) is 0 Å². The highest BCUT2D eigenvalue weighted by Crippen LogP contribution is 2.20. The molecule has 0 spiro atoms. The van der Waals surface area contributed by atoms with Crippen molar-refractivity contribution in [3.05, 3.63) is 41.7 Å². The summed E-state index contributed by atoms with van der Waals surface area (Å²) in [7, 11) is 3.78. The lowest BCUT2D eigenvalue weighted by Gasteiger charge is -2.34. The van der Waals surface area contributed by atoms with Gasteiger partial charge in [0.1, 0.15) is 5.75 Å². The molecule has 160 valence electrons. The van der Waals surface area contributed by atoms with Crippen LogP contribution in [0.2, 0.25) is 0 Å². The van der Waals surface area contributed by atoms with Crippen molar-refractivity contribution in [2.75, 3.05) is 31.6 Å². The van der Waals surface area contributed by atoms with Crippen LogP contribution in [-0.4, -0.2) is 48.5 Å². The van der Waals surface area contributed by atoms with Crippen LogP contribution in [0, 0.1) is 6.92 Å². The van der Waals surface area contributed by atoms with Gasteiger partial charge in [0.15, 0.2) is 5.96 Å². The number of anilines is 1. The highest BCUT2D eigenvalue weighted by molar-refractivity contribution is 14.0. The number of rotatable bonds is 6. The van der Waals surface area contributed by atoms with Crippen molar-refractivity contribution in [2.45, 2.75) is 39.3 Å². The molecule has 1 aliphatic heterocycles. The summed E-state index contributed by atoms with van der Waals surface area (Å²) in [5, 5.41) is 11.3. The Morgan fingerprint density at radius 3 is 2.86 bits per heavy atom. The van der Waals surface area contributed by atoms with E-state index < -0.39 is 0 Å². The average molecular weight is 512 g/mol. The number of aromatic nitrogens is 2. The van der Waals surface area contributed by atoms with E-state index in [1.54, 1.807) is 0 Å². The summed E-state index contributed by atoms with van der Waals surface area (Å²) in [4.78, 5) is 6.79. The zero-order valence-electron chi connectivity index (χ0n) is 17.8. The highest BCUT2D eigenvalue weighted by atomic mass is 127. The van der Waals surface area contributed by atoms with Gasteiger partial charge in [-0.3, -0.25) is 9.67 Å². The van der Waals surface area contributed by atoms with Crippen molar-refractivity contribution in [3.8, 4) is 5.75 Å². The Morgan fingerprint density at radius 2 is 2.21 bits per heavy atom. The quantitative estimate of drug-likeness (QED) is 0.354. The van der Waals surface area contributed by atoms with Gasteiger partial charge >= 0.3 is 0 Å². The number of halogens is 1. The molecule has 0 radical (unpaired) electrons. The summed E-state index contributed by atoms with van der Waals surface area (Å²) in [6, 6.07) is 6.67. The maximum absolute atomic E-state index is 5.62. The summed E-state index contributed by atoms with van der Waals surface area (Å²) in [5.74, 6) is 1.79. The molecule has 2 N–H and O–H groups in total. The van der Waals surface area contributed by atoms with Gasteiger partial charge in [-0.15, -0.1) is 24.0 Å². The molecule has 1 fully saturated rings. The minimum absolute atomic E-state index is 0. The van der Waals surface area contributed by atoms with Gasteiger partial charge in [0.05, 0.1) is 18.5 Å². The van der Waals surface area contributed by atoms with Gasteiger partial charge in [0, 0.05) is 46.0 Å². The number of guanidine groups is 1. The first-order valence-corrected chi connectivity index (χ1v) is 10.0. The molecule has 7 nitrogen and oxygen atoms in total. The van der Waals surface area contributed by atoms with E-state index in [-0.39, 0.29) is 24.0 Å². The number of hydrogen-bond acceptors (Lipinski definition) is 4. The first kappa shape index (κ1) is 23.3. The molecule has 1 aromatic carbocycles. The Bertz CT molecular complexity index is 806. The molecule has 3 rings (SSSR count). The summed E-state index contributed by atoms with van der Waals surface area (Å²) < 4.78 is 7.47. The van der Waals surface area contributed by atoms with E-state index in [1.165, 1.54) is 11.3 Å². The molecule has 0 aliphatic carbocycles. The number of aryl methyl sites for hydroxylation is 2. The minimum Gasteiger partial charge on any atom is -0.494 e. The van der Waals surface area contributed by atoms with Crippen LogP contribution in [0.15, 0.2) is 35.6 Å². The Hall–Kier alpha value is -1.97. The predicted molar refractivity (Wildman–Crippen MR) is 130 cm³/mol. The first-order chi connectivity index (χ1) is 13.6. The van der Waals surface area contributed by atoms with E-state index in [4.69, 9.17) is 4.74 Å². The van der Waals surface area contributed by atoms with Crippen LogP contribution in [0.5, 0.6) is 5.75 Å². The van der Waals surface area contributed by atoms with E-state index in [0.29, 0.717) is 12.6 Å². The number of benzene rings is 1. The third-order valence-corrected chi connectivity index (χ3v) is 5.04. The maximum atomic E-state index is 5.62. The second-order valence-corrected chi connectivity index (χ2v) is 7.26. The molecular weight excluding hydrogens is 479 g/mol. The summed E-state index contributed by atoms with van der Waals surface area (Å²) >= 11 is 0. The monoisotopic (exact) mass is 512 g/mol. The zero-order valence-corrected chi connectivity index (χ0v) is 20.1. The summed E-state index contributed by atoms with van der Waals surface area (Å²) in [6.07, 6.45) is 6.30. The average Bonchev–Trinajstić information content (AvgIpc) is 3.14. The van der Waals surface area contributed by atoms with Crippen molar-refractivity contribution < 1.29 is 4.74 Å². The fourth-order valence-corrected chi connectivity index (χ4v) is 3.61. The molecule has 29 heavy (non-hydrogen) atoms. The summed E-state index contributed by atoms with van der Waals surface area (Å²) in [5.41, 5.74) is 3.55. The van der Waals surface area contributed by atoms with Crippen molar-refractivity contribution in [2.24, 2.45) is 12.0 Å².